The second-order valence-corrected chi connectivity index (χ2v) is 6.73. The highest BCUT2D eigenvalue weighted by Crippen LogP contribution is 2.21. The number of imide groups is 1. The minimum atomic E-state index is -0.994. The van der Waals surface area contributed by atoms with E-state index in [4.69, 9.17) is 9.26 Å². The lowest BCUT2D eigenvalue weighted by Crippen LogP contribution is -2.43. The number of aryl methyl sites for hydroxylation is 1. The fraction of sp³-hybridized carbons (Fsp3) is 0.421. The number of nitrogens with zero attached hydrogens (tertiary/aromatic N) is 3. The zero-order valence-electron chi connectivity index (χ0n) is 16.0. The molecule has 1 aliphatic heterocycles. The Balaban J connectivity index is 1.56. The lowest BCUT2D eigenvalue weighted by atomic mass is 9.99. The number of hydrogen-bond acceptors (Lipinski definition) is 7. The quantitative estimate of drug-likeness (QED) is 0.572. The van der Waals surface area contributed by atoms with Gasteiger partial charge in [-0.05, 0) is 25.3 Å². The first-order valence-corrected chi connectivity index (χ1v) is 9.08. The number of urea groups is 1. The number of amides is 3. The minimum Gasteiger partial charge on any atom is -0.454 e. The average Bonchev–Trinajstić information content (AvgIpc) is 3.26. The molecule has 0 bridgehead atoms. The van der Waals surface area contributed by atoms with E-state index in [1.54, 1.807) is 13.8 Å². The number of rotatable bonds is 7. The Morgan fingerprint density at radius 3 is 2.57 bits per heavy atom. The number of carbonyl (C=O) groups is 3. The van der Waals surface area contributed by atoms with E-state index in [1.165, 1.54) is 5.56 Å². The standard InChI is InChI=1S/C19H22N4O5/c1-4-12-6-8-13(9-7-12)16-20-14(28-22-16)11-27-15(24)10-23-17(25)19(3,5-2)21-18(23)26/h6-9H,4-5,10-11H2,1-3H3,(H,21,26)/t19-/m1/s1. The summed E-state index contributed by atoms with van der Waals surface area (Å²) in [5, 5.41) is 6.45. The lowest BCUT2D eigenvalue weighted by molar-refractivity contribution is -0.149. The first-order chi connectivity index (χ1) is 13.4. The fourth-order valence-electron chi connectivity index (χ4n) is 2.77. The normalized spacial score (nSPS) is 19.0. The second kappa shape index (κ2) is 7.79. The molecule has 1 N–H and O–H groups in total. The van der Waals surface area contributed by atoms with E-state index < -0.39 is 30.0 Å². The van der Waals surface area contributed by atoms with Gasteiger partial charge < -0.3 is 14.6 Å². The van der Waals surface area contributed by atoms with Crippen LogP contribution in [0.1, 0.15) is 38.6 Å². The molecule has 9 nitrogen and oxygen atoms in total. The fourth-order valence-corrected chi connectivity index (χ4v) is 2.77. The number of benzene rings is 1. The van der Waals surface area contributed by atoms with Crippen LogP contribution in [0.5, 0.6) is 0 Å². The van der Waals surface area contributed by atoms with Crippen LogP contribution in [0.3, 0.4) is 0 Å². The van der Waals surface area contributed by atoms with Crippen molar-refractivity contribution < 1.29 is 23.6 Å². The summed E-state index contributed by atoms with van der Waals surface area (Å²) in [7, 11) is 0. The third-order valence-corrected chi connectivity index (χ3v) is 4.78. The van der Waals surface area contributed by atoms with Gasteiger partial charge in [-0.1, -0.05) is 43.3 Å². The molecule has 0 saturated carbocycles. The number of carbonyl (C=O) groups excluding carboxylic acids is 3. The molecule has 148 valence electrons. The van der Waals surface area contributed by atoms with Gasteiger partial charge in [-0.2, -0.15) is 4.98 Å². The summed E-state index contributed by atoms with van der Waals surface area (Å²) in [5.41, 5.74) is 0.990. The van der Waals surface area contributed by atoms with Gasteiger partial charge in [-0.25, -0.2) is 4.79 Å². The zero-order chi connectivity index (χ0) is 20.3. The molecule has 3 amide bonds. The van der Waals surface area contributed by atoms with Crippen molar-refractivity contribution in [2.75, 3.05) is 6.54 Å². The topological polar surface area (TPSA) is 115 Å². The van der Waals surface area contributed by atoms with Crippen molar-refractivity contribution >= 4 is 17.9 Å². The van der Waals surface area contributed by atoms with Crippen LogP contribution in [0, 0.1) is 0 Å². The van der Waals surface area contributed by atoms with Crippen molar-refractivity contribution in [2.24, 2.45) is 0 Å². The molecule has 28 heavy (non-hydrogen) atoms. The Bertz CT molecular complexity index is 892. The summed E-state index contributed by atoms with van der Waals surface area (Å²) in [6, 6.07) is 7.13. The Morgan fingerprint density at radius 2 is 1.96 bits per heavy atom. The molecule has 0 unspecified atom stereocenters. The summed E-state index contributed by atoms with van der Waals surface area (Å²) >= 11 is 0. The molecular weight excluding hydrogens is 364 g/mol. The maximum Gasteiger partial charge on any atom is 0.326 e. The van der Waals surface area contributed by atoms with Gasteiger partial charge in [0.05, 0.1) is 0 Å². The molecule has 0 aliphatic carbocycles. The monoisotopic (exact) mass is 386 g/mol. The molecule has 1 saturated heterocycles. The molecule has 0 spiro atoms. The molecule has 9 heteroatoms. The highest BCUT2D eigenvalue weighted by molar-refractivity contribution is 6.08. The summed E-state index contributed by atoms with van der Waals surface area (Å²) < 4.78 is 10.2. The smallest absolute Gasteiger partial charge is 0.326 e. The number of aromatic nitrogens is 2. The van der Waals surface area contributed by atoms with E-state index in [0.29, 0.717) is 12.2 Å². The molecule has 2 aromatic rings. The molecule has 1 fully saturated rings. The van der Waals surface area contributed by atoms with Crippen molar-refractivity contribution in [2.45, 2.75) is 45.8 Å². The molecule has 1 aliphatic rings. The number of esters is 1. The van der Waals surface area contributed by atoms with Gasteiger partial charge >= 0.3 is 12.0 Å². The van der Waals surface area contributed by atoms with Crippen molar-refractivity contribution in [1.29, 1.82) is 0 Å². The lowest BCUT2D eigenvalue weighted by Gasteiger charge is -2.18. The predicted octanol–water partition coefficient (Wildman–Crippen LogP) is 2.06. The largest absolute Gasteiger partial charge is 0.454 e. The molecule has 2 heterocycles. The third kappa shape index (κ3) is 3.88. The van der Waals surface area contributed by atoms with Gasteiger partial charge in [-0.3, -0.25) is 14.5 Å². The van der Waals surface area contributed by atoms with Crippen molar-refractivity contribution in [3.8, 4) is 11.4 Å². The van der Waals surface area contributed by atoms with Crippen molar-refractivity contribution in [3.05, 3.63) is 35.7 Å². The second-order valence-electron chi connectivity index (χ2n) is 6.73. The average molecular weight is 386 g/mol. The number of ether oxygens (including phenoxy) is 1. The van der Waals surface area contributed by atoms with E-state index in [0.717, 1.165) is 16.9 Å². The molecule has 0 radical (unpaired) electrons. The van der Waals surface area contributed by atoms with Crippen LogP contribution in [0.15, 0.2) is 28.8 Å². The van der Waals surface area contributed by atoms with Crippen LogP contribution in [-0.4, -0.2) is 45.0 Å². The van der Waals surface area contributed by atoms with Crippen LogP contribution in [0.25, 0.3) is 11.4 Å². The molecule has 1 atom stereocenters. The summed E-state index contributed by atoms with van der Waals surface area (Å²) in [6.45, 7) is 4.75. The van der Waals surface area contributed by atoms with E-state index >= 15 is 0 Å². The van der Waals surface area contributed by atoms with Crippen LogP contribution >= 0.6 is 0 Å². The van der Waals surface area contributed by atoms with E-state index in [9.17, 15) is 14.4 Å². The van der Waals surface area contributed by atoms with Crippen LogP contribution in [-0.2, 0) is 27.4 Å². The molecular formula is C19H22N4O5. The highest BCUT2D eigenvalue weighted by Gasteiger charge is 2.47. The Labute approximate surface area is 162 Å². The summed E-state index contributed by atoms with van der Waals surface area (Å²) in [4.78, 5) is 41.3. The van der Waals surface area contributed by atoms with Crippen molar-refractivity contribution in [3.63, 3.8) is 0 Å². The van der Waals surface area contributed by atoms with Gasteiger partial charge in [0.15, 0.2) is 6.61 Å². The van der Waals surface area contributed by atoms with E-state index in [2.05, 4.69) is 22.4 Å². The van der Waals surface area contributed by atoms with Crippen molar-refractivity contribution in [1.82, 2.24) is 20.4 Å². The maximum absolute atomic E-state index is 12.3. The number of nitrogens with one attached hydrogen (secondary N) is 1. The van der Waals surface area contributed by atoms with Gasteiger partial charge in [0, 0.05) is 5.56 Å². The van der Waals surface area contributed by atoms with Crippen LogP contribution in [0.2, 0.25) is 0 Å². The van der Waals surface area contributed by atoms with Gasteiger partial charge in [0.2, 0.25) is 5.82 Å². The first-order valence-electron chi connectivity index (χ1n) is 9.08. The van der Waals surface area contributed by atoms with Crippen LogP contribution < -0.4 is 5.32 Å². The highest BCUT2D eigenvalue weighted by atomic mass is 16.6. The molecule has 1 aromatic carbocycles. The van der Waals surface area contributed by atoms with Crippen LogP contribution in [0.4, 0.5) is 4.79 Å². The van der Waals surface area contributed by atoms with Gasteiger partial charge in [0.1, 0.15) is 12.1 Å². The Hall–Kier alpha value is -3.23. The summed E-state index contributed by atoms with van der Waals surface area (Å²) in [6.07, 6.45) is 1.36. The predicted molar refractivity (Wildman–Crippen MR) is 97.8 cm³/mol. The first kappa shape index (κ1) is 19.5. The summed E-state index contributed by atoms with van der Waals surface area (Å²) in [5.74, 6) is -0.677. The Morgan fingerprint density at radius 1 is 1.25 bits per heavy atom. The third-order valence-electron chi connectivity index (χ3n) is 4.78. The molecule has 1 aromatic heterocycles. The maximum atomic E-state index is 12.3. The van der Waals surface area contributed by atoms with Gasteiger partial charge in [-0.15, -0.1) is 0 Å². The Kier molecular flexibility index (Phi) is 5.43. The van der Waals surface area contributed by atoms with E-state index in [1.807, 2.05) is 24.3 Å². The SMILES string of the molecule is CCc1ccc(-c2noc(COC(=O)CN3C(=O)N[C@](C)(CC)C3=O)n2)cc1. The van der Waals surface area contributed by atoms with Gasteiger partial charge in [0.25, 0.3) is 11.8 Å². The van der Waals surface area contributed by atoms with E-state index in [-0.39, 0.29) is 12.5 Å². The zero-order valence-corrected chi connectivity index (χ0v) is 16.0. The molecule has 3 rings (SSSR count). The minimum absolute atomic E-state index is 0.124. The number of hydrogen-bond donors (Lipinski definition) is 1.